The van der Waals surface area contributed by atoms with E-state index in [-0.39, 0.29) is 24.3 Å². The second-order valence-corrected chi connectivity index (χ2v) is 7.01. The van der Waals surface area contributed by atoms with Crippen molar-refractivity contribution < 1.29 is 19.1 Å². The summed E-state index contributed by atoms with van der Waals surface area (Å²) in [7, 11) is 1.69. The quantitative estimate of drug-likeness (QED) is 0.762. The molecule has 8 nitrogen and oxygen atoms in total. The molecule has 0 unspecified atom stereocenters. The lowest BCUT2D eigenvalue weighted by Gasteiger charge is -2.27. The molecule has 0 aromatic heterocycles. The molecule has 1 aliphatic rings. The highest BCUT2D eigenvalue weighted by Crippen LogP contribution is 2.17. The summed E-state index contributed by atoms with van der Waals surface area (Å²) in [5.41, 5.74) is 2.66. The van der Waals surface area contributed by atoms with Crippen LogP contribution in [-0.2, 0) is 14.3 Å². The zero-order chi connectivity index (χ0) is 21.5. The second-order valence-electron chi connectivity index (χ2n) is 7.01. The van der Waals surface area contributed by atoms with Crippen molar-refractivity contribution >= 4 is 34.8 Å². The maximum Gasteiger partial charge on any atom is 0.254 e. The Kier molecular flexibility index (Phi) is 7.03. The van der Waals surface area contributed by atoms with Gasteiger partial charge in [-0.05, 0) is 42.5 Å². The third kappa shape index (κ3) is 5.57. The Balaban J connectivity index is 1.53. The van der Waals surface area contributed by atoms with Gasteiger partial charge >= 0.3 is 0 Å². The van der Waals surface area contributed by atoms with Gasteiger partial charge in [-0.25, -0.2) is 0 Å². The zero-order valence-corrected chi connectivity index (χ0v) is 17.2. The average molecular weight is 410 g/mol. The van der Waals surface area contributed by atoms with Gasteiger partial charge < -0.3 is 25.2 Å². The highest BCUT2D eigenvalue weighted by Gasteiger charge is 2.18. The summed E-state index contributed by atoms with van der Waals surface area (Å²) >= 11 is 0. The van der Waals surface area contributed by atoms with E-state index in [1.165, 1.54) is 11.8 Å². The average Bonchev–Trinajstić information content (AvgIpc) is 2.78. The molecule has 1 saturated heterocycles. The first-order chi connectivity index (χ1) is 14.4. The monoisotopic (exact) mass is 410 g/mol. The number of nitrogens with zero attached hydrogens (tertiary/aromatic N) is 2. The minimum absolute atomic E-state index is 0.0398. The Morgan fingerprint density at radius 2 is 1.73 bits per heavy atom. The van der Waals surface area contributed by atoms with E-state index in [1.54, 1.807) is 54.4 Å². The lowest BCUT2D eigenvalue weighted by Crippen LogP contribution is -2.40. The molecule has 2 aromatic rings. The predicted octanol–water partition coefficient (Wildman–Crippen LogP) is 2.19. The van der Waals surface area contributed by atoms with Crippen molar-refractivity contribution in [1.29, 1.82) is 0 Å². The third-order valence-electron chi connectivity index (χ3n) is 4.87. The Labute approximate surface area is 175 Å². The van der Waals surface area contributed by atoms with E-state index in [4.69, 9.17) is 4.74 Å². The first-order valence-electron chi connectivity index (χ1n) is 9.79. The lowest BCUT2D eigenvalue weighted by atomic mass is 10.1. The van der Waals surface area contributed by atoms with Gasteiger partial charge in [0.2, 0.25) is 11.8 Å². The van der Waals surface area contributed by atoms with E-state index in [9.17, 15) is 14.4 Å². The molecule has 3 rings (SSSR count). The van der Waals surface area contributed by atoms with Gasteiger partial charge in [-0.2, -0.15) is 0 Å². The summed E-state index contributed by atoms with van der Waals surface area (Å²) in [6, 6.07) is 14.1. The van der Waals surface area contributed by atoms with Crippen molar-refractivity contribution in [3.05, 3.63) is 54.1 Å². The second kappa shape index (κ2) is 9.89. The van der Waals surface area contributed by atoms with Gasteiger partial charge in [0.25, 0.3) is 5.91 Å². The first kappa shape index (κ1) is 21.3. The minimum Gasteiger partial charge on any atom is -0.378 e. The minimum atomic E-state index is -0.215. The molecule has 1 fully saturated rings. The summed E-state index contributed by atoms with van der Waals surface area (Å²) in [5, 5.41) is 5.85. The van der Waals surface area contributed by atoms with Crippen molar-refractivity contribution in [3.63, 3.8) is 0 Å². The molecule has 0 atom stereocenters. The number of anilines is 3. The van der Waals surface area contributed by atoms with Crippen LogP contribution < -0.4 is 15.5 Å². The molecule has 1 heterocycles. The largest absolute Gasteiger partial charge is 0.378 e. The van der Waals surface area contributed by atoms with Crippen LogP contribution in [0.2, 0.25) is 0 Å². The van der Waals surface area contributed by atoms with Crippen LogP contribution in [0.5, 0.6) is 0 Å². The molecule has 0 radical (unpaired) electrons. The molecule has 2 aromatic carbocycles. The maximum absolute atomic E-state index is 12.6. The maximum atomic E-state index is 12.6. The van der Waals surface area contributed by atoms with Crippen LogP contribution in [0.15, 0.2) is 48.5 Å². The van der Waals surface area contributed by atoms with Crippen LogP contribution in [0.4, 0.5) is 17.1 Å². The molecule has 0 saturated carbocycles. The van der Waals surface area contributed by atoms with Crippen LogP contribution >= 0.6 is 0 Å². The van der Waals surface area contributed by atoms with Crippen molar-refractivity contribution in [1.82, 2.24) is 4.90 Å². The van der Waals surface area contributed by atoms with Crippen LogP contribution in [0.1, 0.15) is 17.3 Å². The van der Waals surface area contributed by atoms with Gasteiger partial charge in [0.05, 0.1) is 19.8 Å². The molecule has 2 N–H and O–H groups in total. The number of carbonyl (C=O) groups excluding carboxylic acids is 3. The van der Waals surface area contributed by atoms with Gasteiger partial charge in [-0.3, -0.25) is 14.4 Å². The fraction of sp³-hybridized carbons (Fsp3) is 0.318. The summed E-state index contributed by atoms with van der Waals surface area (Å²) in [4.78, 5) is 39.5. The van der Waals surface area contributed by atoms with Gasteiger partial charge in [0.1, 0.15) is 0 Å². The molecule has 3 amide bonds. The Bertz CT molecular complexity index is 908. The summed E-state index contributed by atoms with van der Waals surface area (Å²) in [6.45, 7) is 3.82. The number of hydrogen-bond donors (Lipinski definition) is 2. The Morgan fingerprint density at radius 1 is 1.03 bits per heavy atom. The SMILES string of the molecule is CC(=O)N(C)c1ccc(NC(=O)CNc2cccc(C(=O)N3CCOCC3)c2)cc1. The van der Waals surface area contributed by atoms with Crippen LogP contribution in [0.25, 0.3) is 0 Å². The highest BCUT2D eigenvalue weighted by molar-refractivity contribution is 5.96. The smallest absolute Gasteiger partial charge is 0.254 e. The molecule has 0 aliphatic carbocycles. The van der Waals surface area contributed by atoms with E-state index in [2.05, 4.69) is 10.6 Å². The molecule has 0 bridgehead atoms. The summed E-state index contributed by atoms with van der Waals surface area (Å²) in [5.74, 6) is -0.320. The number of ether oxygens (including phenoxy) is 1. The van der Waals surface area contributed by atoms with E-state index >= 15 is 0 Å². The summed E-state index contributed by atoms with van der Waals surface area (Å²) < 4.78 is 5.28. The molecule has 0 spiro atoms. The van der Waals surface area contributed by atoms with E-state index in [0.717, 1.165) is 5.69 Å². The lowest BCUT2D eigenvalue weighted by molar-refractivity contribution is -0.116. The number of morpholine rings is 1. The van der Waals surface area contributed by atoms with E-state index < -0.39 is 0 Å². The van der Waals surface area contributed by atoms with Crippen molar-refractivity contribution in [2.24, 2.45) is 0 Å². The molecule has 30 heavy (non-hydrogen) atoms. The van der Waals surface area contributed by atoms with Crippen LogP contribution in [0.3, 0.4) is 0 Å². The van der Waals surface area contributed by atoms with E-state index in [1.807, 2.05) is 6.07 Å². The molecular weight excluding hydrogens is 384 g/mol. The van der Waals surface area contributed by atoms with Crippen molar-refractivity contribution in [2.75, 3.05) is 55.4 Å². The van der Waals surface area contributed by atoms with Crippen molar-refractivity contribution in [2.45, 2.75) is 6.92 Å². The topological polar surface area (TPSA) is 91.0 Å². The number of amides is 3. The van der Waals surface area contributed by atoms with Gasteiger partial charge in [-0.15, -0.1) is 0 Å². The molecule has 158 valence electrons. The summed E-state index contributed by atoms with van der Waals surface area (Å²) in [6.07, 6.45) is 0. The Hall–Kier alpha value is -3.39. The van der Waals surface area contributed by atoms with Gasteiger partial charge in [-0.1, -0.05) is 6.07 Å². The van der Waals surface area contributed by atoms with E-state index in [0.29, 0.717) is 43.2 Å². The predicted molar refractivity (Wildman–Crippen MR) is 116 cm³/mol. The van der Waals surface area contributed by atoms with Crippen LogP contribution in [0, 0.1) is 0 Å². The standard InChI is InChI=1S/C22H26N4O4/c1-16(27)25(2)20-8-6-18(7-9-20)24-21(28)15-23-19-5-3-4-17(14-19)22(29)26-10-12-30-13-11-26/h3-9,14,23H,10-13,15H2,1-2H3,(H,24,28). The van der Waals surface area contributed by atoms with Gasteiger partial charge in [0.15, 0.2) is 0 Å². The highest BCUT2D eigenvalue weighted by atomic mass is 16.5. The third-order valence-corrected chi connectivity index (χ3v) is 4.87. The van der Waals surface area contributed by atoms with Gasteiger partial charge in [0, 0.05) is 49.7 Å². The Morgan fingerprint density at radius 3 is 2.40 bits per heavy atom. The molecule has 1 aliphatic heterocycles. The van der Waals surface area contributed by atoms with Crippen molar-refractivity contribution in [3.8, 4) is 0 Å². The number of rotatable bonds is 6. The zero-order valence-electron chi connectivity index (χ0n) is 17.2. The molecular formula is C22H26N4O4. The number of nitrogens with one attached hydrogen (secondary N) is 2. The fourth-order valence-corrected chi connectivity index (χ4v) is 3.05. The number of hydrogen-bond acceptors (Lipinski definition) is 5. The fourth-order valence-electron chi connectivity index (χ4n) is 3.05. The normalized spacial score (nSPS) is 13.5. The number of carbonyl (C=O) groups is 3. The molecule has 8 heteroatoms. The number of benzene rings is 2. The first-order valence-corrected chi connectivity index (χ1v) is 9.79. The van der Waals surface area contributed by atoms with Crippen LogP contribution in [-0.4, -0.2) is 62.5 Å².